The van der Waals surface area contributed by atoms with E-state index in [1.807, 2.05) is 38.1 Å². The van der Waals surface area contributed by atoms with E-state index in [-0.39, 0.29) is 11.6 Å². The third kappa shape index (κ3) is 5.94. The van der Waals surface area contributed by atoms with E-state index in [9.17, 15) is 22.8 Å². The first-order chi connectivity index (χ1) is 18.0. The first-order valence-electron chi connectivity index (χ1n) is 11.3. The number of carbonyl (C=O) groups excluding carboxylic acids is 2. The van der Waals surface area contributed by atoms with Gasteiger partial charge in [0.1, 0.15) is 6.33 Å². The number of aromatic nitrogens is 4. The maximum absolute atomic E-state index is 13.4. The fourth-order valence-corrected chi connectivity index (χ4v) is 3.85. The van der Waals surface area contributed by atoms with Crippen LogP contribution in [0.1, 0.15) is 32.9 Å². The zero-order valence-electron chi connectivity index (χ0n) is 20.6. The van der Waals surface area contributed by atoms with Crippen molar-refractivity contribution in [3.8, 4) is 11.1 Å². The molecule has 2 aromatic heterocycles. The number of halogens is 3. The lowest BCUT2D eigenvalue weighted by molar-refractivity contribution is -0.754. The molecule has 13 heteroatoms. The zero-order chi connectivity index (χ0) is 27.4. The maximum Gasteiger partial charge on any atom is 0.417 e. The summed E-state index contributed by atoms with van der Waals surface area (Å²) in [5, 5.41) is 10.7. The topological polar surface area (TPSA) is 126 Å². The Morgan fingerprint density at radius 1 is 1.00 bits per heavy atom. The lowest BCUT2D eigenvalue weighted by Crippen LogP contribution is -2.35. The van der Waals surface area contributed by atoms with Crippen LogP contribution < -0.4 is 20.6 Å². The van der Waals surface area contributed by atoms with Crippen molar-refractivity contribution in [1.82, 2.24) is 20.6 Å². The second kappa shape index (κ2) is 10.7. The van der Waals surface area contributed by atoms with Crippen molar-refractivity contribution >= 4 is 23.5 Å². The molecule has 4 aromatic rings. The molecule has 38 heavy (non-hydrogen) atoms. The predicted octanol–water partition coefficient (Wildman–Crippen LogP) is 4.11. The number of alkyl halides is 3. The van der Waals surface area contributed by atoms with Crippen LogP contribution >= 0.6 is 0 Å². The SMILES string of the molecule is CNC(=O)c1ccc(NC(=O)Nc2c[n+](Cc3ccc(-c4c(C)ncnc4C)cc3)no2)cc1C(F)(F)F. The number of amides is 3. The van der Waals surface area contributed by atoms with Gasteiger partial charge in [-0.1, -0.05) is 24.3 Å². The lowest BCUT2D eigenvalue weighted by Gasteiger charge is -2.14. The minimum Gasteiger partial charge on any atom is -0.355 e. The zero-order valence-corrected chi connectivity index (χ0v) is 20.6. The van der Waals surface area contributed by atoms with E-state index in [0.717, 1.165) is 34.1 Å². The molecule has 0 aliphatic carbocycles. The van der Waals surface area contributed by atoms with Gasteiger partial charge in [0.25, 0.3) is 12.1 Å². The van der Waals surface area contributed by atoms with Gasteiger partial charge in [-0.05, 0) is 42.3 Å². The second-order valence-corrected chi connectivity index (χ2v) is 8.30. The number of hydrogen-bond donors (Lipinski definition) is 3. The Labute approximate surface area is 214 Å². The van der Waals surface area contributed by atoms with Crippen molar-refractivity contribution < 1.29 is 32.0 Å². The van der Waals surface area contributed by atoms with Crippen LogP contribution in [-0.4, -0.2) is 34.2 Å². The van der Waals surface area contributed by atoms with Gasteiger partial charge in [0.05, 0.1) is 11.1 Å². The fourth-order valence-electron chi connectivity index (χ4n) is 3.85. The van der Waals surface area contributed by atoms with Crippen LogP contribution in [0.25, 0.3) is 11.1 Å². The largest absolute Gasteiger partial charge is 0.417 e. The molecule has 0 aliphatic heterocycles. The van der Waals surface area contributed by atoms with E-state index in [1.54, 1.807) is 0 Å². The number of hydrogen-bond acceptors (Lipinski definition) is 6. The summed E-state index contributed by atoms with van der Waals surface area (Å²) in [5.74, 6) is -0.918. The van der Waals surface area contributed by atoms with Crippen molar-refractivity contribution in [3.05, 3.63) is 83.1 Å². The Morgan fingerprint density at radius 3 is 2.32 bits per heavy atom. The van der Waals surface area contributed by atoms with E-state index in [0.29, 0.717) is 12.6 Å². The van der Waals surface area contributed by atoms with Gasteiger partial charge in [0, 0.05) is 35.2 Å². The molecule has 2 heterocycles. The molecule has 3 N–H and O–H groups in total. The standard InChI is InChI=1S/C25H22F3N7O3/c1-14-22(15(2)31-13-30-14)17-6-4-16(5-7-17)11-35-12-21(38-34-35)33-24(37)32-18-8-9-19(23(36)29-3)20(10-18)25(26,27)28/h4-10,12-13H,11H2,1-3H3,(H2-,29,32,33,34,36,37)/p+1. The molecule has 2 aromatic carbocycles. The van der Waals surface area contributed by atoms with Crippen LogP contribution in [0.4, 0.5) is 29.5 Å². The number of nitrogens with zero attached hydrogens (tertiary/aromatic N) is 4. The van der Waals surface area contributed by atoms with Gasteiger partial charge in [-0.2, -0.15) is 13.2 Å². The summed E-state index contributed by atoms with van der Waals surface area (Å²) in [6.07, 6.45) is -1.83. The Kier molecular flexibility index (Phi) is 7.37. The van der Waals surface area contributed by atoms with Gasteiger partial charge in [-0.15, -0.1) is 0 Å². The summed E-state index contributed by atoms with van der Waals surface area (Å²) in [7, 11) is 1.22. The summed E-state index contributed by atoms with van der Waals surface area (Å²) in [6, 6.07) is 9.74. The van der Waals surface area contributed by atoms with Gasteiger partial charge in [-0.3, -0.25) is 14.6 Å². The number of rotatable bonds is 6. The lowest BCUT2D eigenvalue weighted by atomic mass is 10.0. The van der Waals surface area contributed by atoms with Gasteiger partial charge in [-0.25, -0.2) is 14.8 Å². The minimum absolute atomic E-state index is 0.0233. The van der Waals surface area contributed by atoms with Crippen LogP contribution in [0.3, 0.4) is 0 Å². The number of nitrogens with one attached hydrogen (secondary N) is 3. The molecular weight excluding hydrogens is 503 g/mol. The van der Waals surface area contributed by atoms with Crippen molar-refractivity contribution in [3.63, 3.8) is 0 Å². The van der Waals surface area contributed by atoms with Crippen LogP contribution in [0.2, 0.25) is 0 Å². The quantitative estimate of drug-likeness (QED) is 0.325. The van der Waals surface area contributed by atoms with E-state index in [1.165, 1.54) is 30.3 Å². The van der Waals surface area contributed by atoms with Crippen molar-refractivity contribution in [2.75, 3.05) is 17.7 Å². The number of anilines is 2. The molecule has 4 rings (SSSR count). The Morgan fingerprint density at radius 2 is 1.68 bits per heavy atom. The normalized spacial score (nSPS) is 11.2. The van der Waals surface area contributed by atoms with E-state index in [4.69, 9.17) is 4.52 Å². The fraction of sp³-hybridized carbons (Fsp3) is 0.200. The highest BCUT2D eigenvalue weighted by atomic mass is 19.4. The summed E-state index contributed by atoms with van der Waals surface area (Å²) >= 11 is 0. The highest BCUT2D eigenvalue weighted by molar-refractivity contribution is 6.00. The van der Waals surface area contributed by atoms with E-state index in [2.05, 4.69) is 31.2 Å². The summed E-state index contributed by atoms with van der Waals surface area (Å²) in [5.41, 5.74) is 2.71. The summed E-state index contributed by atoms with van der Waals surface area (Å²) in [6.45, 7) is 4.18. The van der Waals surface area contributed by atoms with Gasteiger partial charge < -0.3 is 10.6 Å². The monoisotopic (exact) mass is 526 g/mol. The van der Waals surface area contributed by atoms with Crippen molar-refractivity contribution in [2.45, 2.75) is 26.6 Å². The average molecular weight is 526 g/mol. The number of carbonyl (C=O) groups is 2. The highest BCUT2D eigenvalue weighted by Gasteiger charge is 2.35. The maximum atomic E-state index is 13.4. The smallest absolute Gasteiger partial charge is 0.355 e. The molecule has 0 atom stereocenters. The predicted molar refractivity (Wildman–Crippen MR) is 130 cm³/mol. The Bertz CT molecular complexity index is 1460. The third-order valence-corrected chi connectivity index (χ3v) is 5.62. The van der Waals surface area contributed by atoms with E-state index >= 15 is 0 Å². The number of benzene rings is 2. The molecular formula is C25H23F3N7O3+. The van der Waals surface area contributed by atoms with Crippen LogP contribution in [0, 0.1) is 13.8 Å². The molecule has 0 unspecified atom stereocenters. The number of urea groups is 1. The Balaban J connectivity index is 1.40. The molecule has 0 bridgehead atoms. The molecule has 0 aliphatic rings. The molecule has 0 fully saturated rings. The first kappa shape index (κ1) is 26.3. The Hall–Kier alpha value is -4.81. The van der Waals surface area contributed by atoms with Crippen LogP contribution in [-0.2, 0) is 12.7 Å². The highest BCUT2D eigenvalue weighted by Crippen LogP contribution is 2.34. The van der Waals surface area contributed by atoms with Crippen molar-refractivity contribution in [2.24, 2.45) is 0 Å². The summed E-state index contributed by atoms with van der Waals surface area (Å²) in [4.78, 5) is 32.6. The first-order valence-corrected chi connectivity index (χ1v) is 11.3. The van der Waals surface area contributed by atoms with Gasteiger partial charge in [0.2, 0.25) is 11.8 Å². The molecule has 0 saturated heterocycles. The second-order valence-electron chi connectivity index (χ2n) is 8.30. The average Bonchev–Trinajstić information content (AvgIpc) is 3.30. The van der Waals surface area contributed by atoms with E-state index < -0.39 is 29.2 Å². The van der Waals surface area contributed by atoms with Crippen LogP contribution in [0.5, 0.6) is 0 Å². The molecule has 10 nitrogen and oxygen atoms in total. The van der Waals surface area contributed by atoms with Crippen LogP contribution in [0.15, 0.2) is 59.5 Å². The molecule has 196 valence electrons. The minimum atomic E-state index is -4.79. The number of aryl methyl sites for hydroxylation is 2. The third-order valence-electron chi connectivity index (χ3n) is 5.62. The van der Waals surface area contributed by atoms with Gasteiger partial charge >= 0.3 is 18.1 Å². The van der Waals surface area contributed by atoms with Crippen molar-refractivity contribution in [1.29, 1.82) is 0 Å². The molecule has 3 amide bonds. The molecule has 0 radical (unpaired) electrons. The molecule has 0 spiro atoms. The summed E-state index contributed by atoms with van der Waals surface area (Å²) < 4.78 is 46.7. The van der Waals surface area contributed by atoms with Gasteiger partial charge in [0.15, 0.2) is 0 Å². The molecule has 0 saturated carbocycles.